The summed E-state index contributed by atoms with van der Waals surface area (Å²) in [4.78, 5) is 25.4. The molecule has 0 saturated carbocycles. The number of carbonyl (C=O) groups excluding carboxylic acids is 1. The number of pyridine rings is 2. The van der Waals surface area contributed by atoms with Crippen molar-refractivity contribution >= 4 is 27.2 Å². The van der Waals surface area contributed by atoms with E-state index in [1.54, 1.807) is 26.2 Å². The first kappa shape index (κ1) is 21.7. The minimum atomic E-state index is -3.48. The SMILES string of the molecule is CC(C)(O)c1ncc(S(N)(=O)=NC(=O)Cc2ncc3c(c2-c2ccncc2)CCC3)s1. The van der Waals surface area contributed by atoms with E-state index in [0.717, 1.165) is 41.7 Å². The number of aliphatic hydroxyl groups is 1. The average molecular weight is 458 g/mol. The lowest BCUT2D eigenvalue weighted by atomic mass is 9.95. The standard InChI is InChI=1S/C21H23N5O3S2/c1-21(2,28)20-25-12-18(30-20)31(22,29)26-17(27)10-16-19(13-6-8-23-9-7-13)15-5-3-4-14(15)11-24-16/h6-9,11-12,28H,3-5,10H2,1-2H3,(H2,22,26,27,29). The predicted octanol–water partition coefficient (Wildman–Crippen LogP) is 2.79. The lowest BCUT2D eigenvalue weighted by molar-refractivity contribution is -0.117. The van der Waals surface area contributed by atoms with E-state index in [9.17, 15) is 14.1 Å². The third kappa shape index (κ3) is 4.57. The van der Waals surface area contributed by atoms with Gasteiger partial charge in [0.15, 0.2) is 9.92 Å². The minimum Gasteiger partial charge on any atom is -0.383 e. The number of thiazole rings is 1. The Morgan fingerprint density at radius 2 is 2.00 bits per heavy atom. The first-order chi connectivity index (χ1) is 14.6. The van der Waals surface area contributed by atoms with Gasteiger partial charge in [0.1, 0.15) is 14.8 Å². The van der Waals surface area contributed by atoms with Crippen molar-refractivity contribution in [1.82, 2.24) is 15.0 Å². The molecule has 1 aliphatic carbocycles. The predicted molar refractivity (Wildman–Crippen MR) is 119 cm³/mol. The molecule has 0 aliphatic heterocycles. The van der Waals surface area contributed by atoms with E-state index < -0.39 is 21.4 Å². The summed E-state index contributed by atoms with van der Waals surface area (Å²) < 4.78 is 16.9. The molecule has 10 heteroatoms. The van der Waals surface area contributed by atoms with E-state index >= 15 is 0 Å². The van der Waals surface area contributed by atoms with Crippen LogP contribution in [-0.2, 0) is 39.6 Å². The number of hydrogen-bond donors (Lipinski definition) is 2. The summed E-state index contributed by atoms with van der Waals surface area (Å²) in [6.07, 6.45) is 9.33. The van der Waals surface area contributed by atoms with Crippen LogP contribution in [0.15, 0.2) is 45.5 Å². The highest BCUT2D eigenvalue weighted by Crippen LogP contribution is 2.34. The van der Waals surface area contributed by atoms with Gasteiger partial charge in [-0.1, -0.05) is 0 Å². The van der Waals surface area contributed by atoms with Crippen molar-refractivity contribution in [1.29, 1.82) is 0 Å². The molecule has 1 amide bonds. The molecule has 3 aromatic heterocycles. The zero-order chi connectivity index (χ0) is 22.2. The van der Waals surface area contributed by atoms with Crippen molar-refractivity contribution in [3.63, 3.8) is 0 Å². The number of aryl methyl sites for hydroxylation is 1. The second-order valence-electron chi connectivity index (χ2n) is 7.95. The van der Waals surface area contributed by atoms with Crippen LogP contribution in [0.3, 0.4) is 0 Å². The van der Waals surface area contributed by atoms with Gasteiger partial charge in [-0.15, -0.1) is 15.7 Å². The van der Waals surface area contributed by atoms with E-state index in [4.69, 9.17) is 5.14 Å². The summed E-state index contributed by atoms with van der Waals surface area (Å²) >= 11 is 0.981. The Labute approximate surface area is 184 Å². The molecule has 31 heavy (non-hydrogen) atoms. The summed E-state index contributed by atoms with van der Waals surface area (Å²) in [5.74, 6) is -0.619. The van der Waals surface area contributed by atoms with Gasteiger partial charge in [0.05, 0.1) is 18.3 Å². The number of fused-ring (bicyclic) bond motifs is 1. The largest absolute Gasteiger partial charge is 0.383 e. The second-order valence-corrected chi connectivity index (χ2v) is 11.0. The highest BCUT2D eigenvalue weighted by molar-refractivity contribution is 7.93. The van der Waals surface area contributed by atoms with Crippen molar-refractivity contribution < 1.29 is 14.1 Å². The Balaban J connectivity index is 1.68. The Hall–Kier alpha value is -2.53. The molecule has 1 aliphatic rings. The molecule has 0 radical (unpaired) electrons. The smallest absolute Gasteiger partial charge is 0.261 e. The van der Waals surface area contributed by atoms with Gasteiger partial charge in [-0.2, -0.15) is 0 Å². The van der Waals surface area contributed by atoms with Crippen LogP contribution in [0.2, 0.25) is 0 Å². The molecule has 0 fully saturated rings. The number of carbonyl (C=O) groups is 1. The lowest BCUT2D eigenvalue weighted by Gasteiger charge is -2.13. The molecule has 0 aromatic carbocycles. The molecular weight excluding hydrogens is 434 g/mol. The van der Waals surface area contributed by atoms with Gasteiger partial charge in [0.2, 0.25) is 0 Å². The molecule has 0 spiro atoms. The average Bonchev–Trinajstić information content (AvgIpc) is 3.38. The van der Waals surface area contributed by atoms with Crippen LogP contribution in [0.1, 0.15) is 42.1 Å². The number of hydrogen-bond acceptors (Lipinski definition) is 7. The normalized spacial score (nSPS) is 15.4. The van der Waals surface area contributed by atoms with Crippen LogP contribution in [0.5, 0.6) is 0 Å². The maximum Gasteiger partial charge on any atom is 0.261 e. The van der Waals surface area contributed by atoms with Crippen molar-refractivity contribution in [2.24, 2.45) is 9.50 Å². The minimum absolute atomic E-state index is 0.115. The van der Waals surface area contributed by atoms with Crippen molar-refractivity contribution in [3.05, 3.63) is 58.7 Å². The Bertz CT molecular complexity index is 1260. The maximum absolute atomic E-state index is 12.9. The molecule has 0 saturated heterocycles. The number of rotatable bonds is 5. The Morgan fingerprint density at radius 3 is 2.68 bits per heavy atom. The van der Waals surface area contributed by atoms with E-state index in [0.29, 0.717) is 10.7 Å². The van der Waals surface area contributed by atoms with Gasteiger partial charge in [-0.3, -0.25) is 14.8 Å². The van der Waals surface area contributed by atoms with Gasteiger partial charge in [-0.25, -0.2) is 14.3 Å². The topological polar surface area (TPSA) is 131 Å². The first-order valence-electron chi connectivity index (χ1n) is 9.81. The van der Waals surface area contributed by atoms with E-state index in [1.165, 1.54) is 17.3 Å². The molecule has 3 heterocycles. The Morgan fingerprint density at radius 1 is 1.26 bits per heavy atom. The molecular formula is C21H23N5O3S2. The third-order valence-electron chi connectivity index (χ3n) is 5.05. The fraction of sp³-hybridized carbons (Fsp3) is 0.333. The lowest BCUT2D eigenvalue weighted by Crippen LogP contribution is -2.16. The number of nitrogens with zero attached hydrogens (tertiary/aromatic N) is 4. The van der Waals surface area contributed by atoms with Crippen molar-refractivity contribution in [2.75, 3.05) is 0 Å². The summed E-state index contributed by atoms with van der Waals surface area (Å²) in [6.45, 7) is 3.13. The highest BCUT2D eigenvalue weighted by Gasteiger charge is 2.25. The Kier molecular flexibility index (Phi) is 5.73. The van der Waals surface area contributed by atoms with Crippen LogP contribution in [0, 0.1) is 0 Å². The van der Waals surface area contributed by atoms with Gasteiger partial charge in [-0.05, 0) is 61.9 Å². The van der Waals surface area contributed by atoms with Crippen LogP contribution < -0.4 is 5.14 Å². The van der Waals surface area contributed by atoms with Gasteiger partial charge in [0.25, 0.3) is 5.91 Å². The molecule has 3 N–H and O–H groups in total. The zero-order valence-electron chi connectivity index (χ0n) is 17.2. The molecule has 4 rings (SSSR count). The molecule has 8 nitrogen and oxygen atoms in total. The maximum atomic E-state index is 12.9. The summed E-state index contributed by atoms with van der Waals surface area (Å²) in [7, 11) is -3.48. The van der Waals surface area contributed by atoms with Crippen LogP contribution in [0.4, 0.5) is 0 Å². The quantitative estimate of drug-likeness (QED) is 0.606. The summed E-state index contributed by atoms with van der Waals surface area (Å²) in [5.41, 5.74) is 3.62. The van der Waals surface area contributed by atoms with Crippen molar-refractivity contribution in [2.45, 2.75) is 49.3 Å². The third-order valence-corrected chi connectivity index (χ3v) is 8.28. The van der Waals surface area contributed by atoms with E-state index in [2.05, 4.69) is 19.3 Å². The number of amides is 1. The van der Waals surface area contributed by atoms with Gasteiger partial charge in [0, 0.05) is 24.2 Å². The number of aromatic nitrogens is 3. The van der Waals surface area contributed by atoms with E-state index in [-0.39, 0.29) is 10.6 Å². The number of nitrogens with two attached hydrogens (primary N) is 1. The van der Waals surface area contributed by atoms with Gasteiger partial charge < -0.3 is 5.11 Å². The van der Waals surface area contributed by atoms with Crippen LogP contribution in [0.25, 0.3) is 11.1 Å². The molecule has 1 unspecified atom stereocenters. The highest BCUT2D eigenvalue weighted by atomic mass is 32.2. The van der Waals surface area contributed by atoms with Crippen LogP contribution in [-0.4, -0.2) is 30.2 Å². The molecule has 162 valence electrons. The van der Waals surface area contributed by atoms with Crippen molar-refractivity contribution in [3.8, 4) is 11.1 Å². The zero-order valence-corrected chi connectivity index (χ0v) is 18.9. The summed E-state index contributed by atoms with van der Waals surface area (Å²) in [5, 5.41) is 16.3. The van der Waals surface area contributed by atoms with Gasteiger partial charge >= 0.3 is 0 Å². The summed E-state index contributed by atoms with van der Waals surface area (Å²) in [6, 6.07) is 3.78. The molecule has 3 aromatic rings. The fourth-order valence-electron chi connectivity index (χ4n) is 3.63. The molecule has 1 atom stereocenters. The van der Waals surface area contributed by atoms with E-state index in [1.807, 2.05) is 18.3 Å². The molecule has 0 bridgehead atoms. The monoisotopic (exact) mass is 457 g/mol. The fourth-order valence-corrected chi connectivity index (χ4v) is 5.77. The first-order valence-corrected chi connectivity index (χ1v) is 12.2. The second kappa shape index (κ2) is 8.19. The van der Waals surface area contributed by atoms with Crippen LogP contribution >= 0.6 is 11.3 Å².